The summed E-state index contributed by atoms with van der Waals surface area (Å²) < 4.78 is 6.48. The van der Waals surface area contributed by atoms with E-state index in [0.29, 0.717) is 0 Å². The third kappa shape index (κ3) is 4.64. The molecule has 0 N–H and O–H groups in total. The van der Waals surface area contributed by atoms with E-state index in [1.165, 1.54) is 49.0 Å². The topological polar surface area (TPSA) is 12.5 Å². The maximum absolute atomic E-state index is 6.48. The van der Waals surface area contributed by atoms with Crippen molar-refractivity contribution in [3.05, 3.63) is 199 Å². The molecule has 50 heavy (non-hydrogen) atoms. The van der Waals surface area contributed by atoms with Gasteiger partial charge in [-0.1, -0.05) is 146 Å². The third-order valence-electron chi connectivity index (χ3n) is 10.4. The van der Waals surface area contributed by atoms with Gasteiger partial charge >= 0.3 is 0 Å². The predicted octanol–water partition coefficient (Wildman–Crippen LogP) is 13.1. The minimum absolute atomic E-state index is 0.269. The summed E-state index contributed by atoms with van der Waals surface area (Å²) in [5.74, 6) is 2.30. The SMILES string of the molecule is C1=CC(c2ccc(N(c3ccc4c(ccc5ccc6ccccc6c54)c3)c3ccccc3-c3ccccc3)cc2)=C2Oc3ccccc3C2C1. The molecule has 0 spiro atoms. The van der Waals surface area contributed by atoms with Gasteiger partial charge in [0.05, 0.1) is 5.69 Å². The second-order valence-electron chi connectivity index (χ2n) is 13.2. The van der Waals surface area contributed by atoms with Gasteiger partial charge in [0.1, 0.15) is 11.5 Å². The molecule has 2 nitrogen and oxygen atoms in total. The Morgan fingerprint density at radius 1 is 0.520 bits per heavy atom. The van der Waals surface area contributed by atoms with Crippen LogP contribution >= 0.6 is 0 Å². The number of allylic oxidation sites excluding steroid dienone is 4. The zero-order valence-corrected chi connectivity index (χ0v) is 27.5. The molecular weight excluding hydrogens is 607 g/mol. The number of ether oxygens (including phenoxy) is 1. The first kappa shape index (κ1) is 28.6. The Morgan fingerprint density at radius 3 is 2.12 bits per heavy atom. The van der Waals surface area contributed by atoms with Crippen LogP contribution in [0.4, 0.5) is 17.1 Å². The Hall–Kier alpha value is -6.38. The average molecular weight is 640 g/mol. The summed E-state index contributed by atoms with van der Waals surface area (Å²) in [6, 6.07) is 61.4. The first-order chi connectivity index (χ1) is 24.8. The molecule has 0 saturated heterocycles. The third-order valence-corrected chi connectivity index (χ3v) is 10.4. The van der Waals surface area contributed by atoms with Crippen LogP contribution in [-0.4, -0.2) is 0 Å². The van der Waals surface area contributed by atoms with E-state index in [9.17, 15) is 0 Å². The number of para-hydroxylation sites is 2. The minimum Gasteiger partial charge on any atom is -0.460 e. The van der Waals surface area contributed by atoms with Gasteiger partial charge in [-0.3, -0.25) is 0 Å². The van der Waals surface area contributed by atoms with Crippen molar-refractivity contribution >= 4 is 55.0 Å². The van der Waals surface area contributed by atoms with Crippen LogP contribution < -0.4 is 9.64 Å². The Labute approximate surface area is 291 Å². The van der Waals surface area contributed by atoms with Gasteiger partial charge in [-0.2, -0.15) is 0 Å². The average Bonchev–Trinajstić information content (AvgIpc) is 3.58. The molecule has 0 saturated carbocycles. The van der Waals surface area contributed by atoms with Crippen LogP contribution in [0, 0.1) is 0 Å². The number of hydrogen-bond acceptors (Lipinski definition) is 2. The van der Waals surface area contributed by atoms with Crippen LogP contribution in [-0.2, 0) is 0 Å². The van der Waals surface area contributed by atoms with Crippen molar-refractivity contribution in [3.63, 3.8) is 0 Å². The van der Waals surface area contributed by atoms with Crippen LogP contribution in [0.2, 0.25) is 0 Å². The van der Waals surface area contributed by atoms with Crippen molar-refractivity contribution in [1.82, 2.24) is 0 Å². The van der Waals surface area contributed by atoms with Crippen LogP contribution in [0.25, 0.3) is 49.0 Å². The van der Waals surface area contributed by atoms with Gasteiger partial charge in [0.2, 0.25) is 0 Å². The Kier molecular flexibility index (Phi) is 6.67. The highest BCUT2D eigenvalue weighted by atomic mass is 16.5. The van der Waals surface area contributed by atoms with E-state index in [0.717, 1.165) is 46.1 Å². The van der Waals surface area contributed by atoms with Crippen LogP contribution in [0.1, 0.15) is 23.5 Å². The number of nitrogens with zero attached hydrogens (tertiary/aromatic N) is 1. The van der Waals surface area contributed by atoms with Gasteiger partial charge in [0, 0.05) is 34.0 Å². The van der Waals surface area contributed by atoms with E-state index < -0.39 is 0 Å². The first-order valence-electron chi connectivity index (χ1n) is 17.4. The molecular formula is C48H33NO. The maximum atomic E-state index is 6.48. The summed E-state index contributed by atoms with van der Waals surface area (Å²) in [6.07, 6.45) is 5.48. The molecule has 0 amide bonds. The number of fused-ring (bicyclic) bond motifs is 8. The maximum Gasteiger partial charge on any atom is 0.130 e. The van der Waals surface area contributed by atoms with Crippen molar-refractivity contribution in [3.8, 4) is 16.9 Å². The summed E-state index contributed by atoms with van der Waals surface area (Å²) in [4.78, 5) is 2.40. The van der Waals surface area contributed by atoms with Crippen LogP contribution in [0.5, 0.6) is 5.75 Å². The zero-order chi connectivity index (χ0) is 33.0. The molecule has 8 aromatic carbocycles. The fraction of sp³-hybridized carbons (Fsp3) is 0.0417. The molecule has 1 unspecified atom stereocenters. The minimum atomic E-state index is 0.269. The van der Waals surface area contributed by atoms with Gasteiger partial charge < -0.3 is 9.64 Å². The molecule has 8 aromatic rings. The molecule has 0 aromatic heterocycles. The number of rotatable bonds is 5. The van der Waals surface area contributed by atoms with Crippen molar-refractivity contribution in [2.24, 2.45) is 0 Å². The molecule has 1 atom stereocenters. The fourth-order valence-corrected chi connectivity index (χ4v) is 8.02. The summed E-state index contributed by atoms with van der Waals surface area (Å²) in [5.41, 5.74) is 9.31. The highest BCUT2D eigenvalue weighted by Gasteiger charge is 2.33. The van der Waals surface area contributed by atoms with Crippen LogP contribution in [0.3, 0.4) is 0 Å². The molecule has 0 bridgehead atoms. The standard InChI is InChI=1S/C48H33NO/c1-2-11-32(12-3-1)39-14-6-8-19-45(39)49(38-29-30-41-36(31-38)24-23-35-22-21-33-13-4-5-15-40(33)47(35)41)37-27-25-34(26-28-37)42-17-10-18-44-43-16-7-9-20-46(43)50-48(42)44/h1-17,19-31,44H,18H2. The smallest absolute Gasteiger partial charge is 0.130 e. The zero-order valence-electron chi connectivity index (χ0n) is 27.5. The molecule has 0 fully saturated rings. The Bertz CT molecular complexity index is 2650. The first-order valence-corrected chi connectivity index (χ1v) is 17.4. The van der Waals surface area contributed by atoms with E-state index >= 15 is 0 Å². The normalized spacial score (nSPS) is 14.9. The van der Waals surface area contributed by atoms with E-state index in [2.05, 4.69) is 187 Å². The highest BCUT2D eigenvalue weighted by molar-refractivity contribution is 6.20. The molecule has 2 heteroatoms. The van der Waals surface area contributed by atoms with Crippen molar-refractivity contribution in [2.45, 2.75) is 12.3 Å². The number of hydrogen-bond donors (Lipinski definition) is 0. The van der Waals surface area contributed by atoms with E-state index in [-0.39, 0.29) is 5.92 Å². The van der Waals surface area contributed by atoms with Crippen LogP contribution in [0.15, 0.2) is 188 Å². The second-order valence-corrected chi connectivity index (χ2v) is 13.2. The van der Waals surface area contributed by atoms with Gasteiger partial charge in [0.25, 0.3) is 0 Å². The van der Waals surface area contributed by atoms with Gasteiger partial charge in [0.15, 0.2) is 0 Å². The number of anilines is 3. The summed E-state index contributed by atoms with van der Waals surface area (Å²) in [6.45, 7) is 0. The Balaban J connectivity index is 1.13. The van der Waals surface area contributed by atoms with Gasteiger partial charge in [-0.05, 0) is 86.3 Å². The fourth-order valence-electron chi connectivity index (χ4n) is 8.02. The summed E-state index contributed by atoms with van der Waals surface area (Å²) >= 11 is 0. The molecule has 236 valence electrons. The van der Waals surface area contributed by atoms with Gasteiger partial charge in [-0.25, -0.2) is 0 Å². The summed E-state index contributed by atoms with van der Waals surface area (Å²) in [7, 11) is 0. The second kappa shape index (κ2) is 11.6. The molecule has 10 rings (SSSR count). The van der Waals surface area contributed by atoms with E-state index in [1.807, 2.05) is 0 Å². The Morgan fingerprint density at radius 2 is 1.22 bits per heavy atom. The lowest BCUT2D eigenvalue weighted by atomic mass is 9.87. The van der Waals surface area contributed by atoms with E-state index in [4.69, 9.17) is 4.74 Å². The molecule has 2 aliphatic rings. The lowest BCUT2D eigenvalue weighted by Crippen LogP contribution is -2.11. The van der Waals surface area contributed by atoms with Gasteiger partial charge in [-0.15, -0.1) is 0 Å². The van der Waals surface area contributed by atoms with Crippen molar-refractivity contribution in [1.29, 1.82) is 0 Å². The largest absolute Gasteiger partial charge is 0.460 e. The van der Waals surface area contributed by atoms with E-state index in [1.54, 1.807) is 0 Å². The quantitative estimate of drug-likeness (QED) is 0.174. The lowest BCUT2D eigenvalue weighted by Gasteiger charge is -2.28. The molecule has 1 aliphatic heterocycles. The molecule has 0 radical (unpaired) electrons. The predicted molar refractivity (Wildman–Crippen MR) is 210 cm³/mol. The lowest BCUT2D eigenvalue weighted by molar-refractivity contribution is 0.429. The highest BCUT2D eigenvalue weighted by Crippen LogP contribution is 2.48. The molecule has 1 heterocycles. The molecule has 1 aliphatic carbocycles. The monoisotopic (exact) mass is 639 g/mol. The van der Waals surface area contributed by atoms with Crippen molar-refractivity contribution < 1.29 is 4.74 Å². The summed E-state index contributed by atoms with van der Waals surface area (Å²) in [5, 5.41) is 7.59. The number of benzene rings is 8. The van der Waals surface area contributed by atoms with Crippen molar-refractivity contribution in [2.75, 3.05) is 4.90 Å².